The number of ether oxygens (including phenoxy) is 1. The van der Waals surface area contributed by atoms with Crippen LogP contribution in [0.5, 0.6) is 0 Å². The number of likely N-dealkylation sites (tertiary alicyclic amines) is 2. The Morgan fingerprint density at radius 3 is 2.58 bits per heavy atom. The van der Waals surface area contributed by atoms with Gasteiger partial charge in [0.15, 0.2) is 0 Å². The molecule has 2 saturated heterocycles. The zero-order valence-electron chi connectivity index (χ0n) is 18.5. The molecule has 3 fully saturated rings. The maximum atomic E-state index is 13.7. The molecule has 1 aromatic rings. The highest BCUT2D eigenvalue weighted by atomic mass is 16.5. The van der Waals surface area contributed by atoms with Crippen molar-refractivity contribution in [2.45, 2.75) is 82.1 Å². The molecule has 3 heterocycles. The normalized spacial score (nSPS) is 29.1. The van der Waals surface area contributed by atoms with E-state index < -0.39 is 0 Å². The van der Waals surface area contributed by atoms with Crippen molar-refractivity contribution in [3.8, 4) is 0 Å². The number of hydrogen-bond acceptors (Lipinski definition) is 6. The van der Waals surface area contributed by atoms with Crippen molar-refractivity contribution in [1.82, 2.24) is 19.4 Å². The van der Waals surface area contributed by atoms with Crippen LogP contribution in [0.2, 0.25) is 0 Å². The molecule has 1 unspecified atom stereocenters. The number of imidazole rings is 1. The Labute approximate surface area is 184 Å². The van der Waals surface area contributed by atoms with Crippen molar-refractivity contribution < 1.29 is 24.5 Å². The Morgan fingerprint density at radius 2 is 1.90 bits per heavy atom. The third-order valence-electron chi connectivity index (χ3n) is 7.07. The van der Waals surface area contributed by atoms with Crippen LogP contribution in [-0.2, 0) is 27.4 Å². The van der Waals surface area contributed by atoms with Crippen molar-refractivity contribution in [2.75, 3.05) is 26.8 Å². The first kappa shape index (κ1) is 23.7. The van der Waals surface area contributed by atoms with Gasteiger partial charge in [0.1, 0.15) is 5.54 Å². The molecule has 1 aromatic heterocycles. The fourth-order valence-electron chi connectivity index (χ4n) is 5.49. The second-order valence-corrected chi connectivity index (χ2v) is 8.80. The summed E-state index contributed by atoms with van der Waals surface area (Å²) in [5.41, 5.74) is 0.814. The highest BCUT2D eigenvalue weighted by Crippen LogP contribution is 2.41. The summed E-state index contributed by atoms with van der Waals surface area (Å²) < 4.78 is 7.36. The fourth-order valence-corrected chi connectivity index (χ4v) is 5.49. The Hall–Kier alpha value is -1.97. The van der Waals surface area contributed by atoms with E-state index in [2.05, 4.69) is 19.4 Å². The van der Waals surface area contributed by atoms with E-state index in [1.165, 1.54) is 0 Å². The average molecular weight is 437 g/mol. The van der Waals surface area contributed by atoms with Gasteiger partial charge in [0, 0.05) is 39.0 Å². The van der Waals surface area contributed by atoms with Crippen LogP contribution in [0.25, 0.3) is 0 Å². The van der Waals surface area contributed by atoms with Gasteiger partial charge >= 0.3 is 0 Å². The van der Waals surface area contributed by atoms with Crippen LogP contribution in [0, 0.1) is 0 Å². The van der Waals surface area contributed by atoms with Crippen LogP contribution in [0.3, 0.4) is 0 Å². The molecule has 4 rings (SSSR count). The standard InChI is InChI=1S/C21H34N4O3.CH2O2/c1-28-13-12-23-16-22-14-18(23)15-24-10-2-8-21(24)9-3-11-25(20(21)27)17-4-6-19(26)7-5-17;2-1-3/h14,16-17,19,26H,2-13,15H2,1H3;1H,(H,2,3). The fraction of sp³-hybridized carbons (Fsp3) is 0.773. The van der Waals surface area contributed by atoms with E-state index in [9.17, 15) is 9.90 Å². The number of piperidine rings is 1. The van der Waals surface area contributed by atoms with E-state index >= 15 is 0 Å². The van der Waals surface area contributed by atoms with E-state index in [-0.39, 0.29) is 18.1 Å². The highest BCUT2D eigenvalue weighted by Gasteiger charge is 2.52. The maximum Gasteiger partial charge on any atom is 0.290 e. The number of carbonyl (C=O) groups excluding carboxylic acids is 1. The molecule has 1 saturated carbocycles. The van der Waals surface area contributed by atoms with Crippen LogP contribution in [-0.4, -0.2) is 86.4 Å². The molecule has 9 heteroatoms. The largest absolute Gasteiger partial charge is 0.483 e. The van der Waals surface area contributed by atoms with Gasteiger partial charge in [-0.2, -0.15) is 0 Å². The lowest BCUT2D eigenvalue weighted by molar-refractivity contribution is -0.152. The Balaban J connectivity index is 0.000000858. The maximum absolute atomic E-state index is 13.7. The van der Waals surface area contributed by atoms with Gasteiger partial charge in [-0.1, -0.05) is 0 Å². The molecular formula is C22H36N4O5. The minimum absolute atomic E-state index is 0.180. The number of aromatic nitrogens is 2. The second kappa shape index (κ2) is 11.1. The number of carbonyl (C=O) groups is 2. The number of amides is 1. The van der Waals surface area contributed by atoms with Crippen LogP contribution in [0.4, 0.5) is 0 Å². The van der Waals surface area contributed by atoms with E-state index in [0.717, 1.165) is 83.2 Å². The van der Waals surface area contributed by atoms with Gasteiger partial charge in [-0.05, 0) is 57.9 Å². The summed E-state index contributed by atoms with van der Waals surface area (Å²) in [7, 11) is 1.71. The summed E-state index contributed by atoms with van der Waals surface area (Å²) >= 11 is 0. The van der Waals surface area contributed by atoms with E-state index in [4.69, 9.17) is 14.6 Å². The molecule has 0 radical (unpaired) electrons. The number of aliphatic hydroxyl groups excluding tert-OH is 1. The Kier molecular flexibility index (Phi) is 8.45. The summed E-state index contributed by atoms with van der Waals surface area (Å²) in [6.45, 7) is 3.82. The molecule has 2 aliphatic heterocycles. The molecule has 174 valence electrons. The van der Waals surface area contributed by atoms with Crippen molar-refractivity contribution >= 4 is 12.4 Å². The van der Waals surface area contributed by atoms with Gasteiger partial charge < -0.3 is 24.4 Å². The van der Waals surface area contributed by atoms with Gasteiger partial charge in [0.25, 0.3) is 6.47 Å². The number of rotatable bonds is 6. The molecular weight excluding hydrogens is 400 g/mol. The first-order valence-electron chi connectivity index (χ1n) is 11.4. The number of hydrogen-bond donors (Lipinski definition) is 2. The predicted octanol–water partition coefficient (Wildman–Crippen LogP) is 1.49. The number of aliphatic hydroxyl groups is 1. The van der Waals surface area contributed by atoms with Crippen LogP contribution in [0.15, 0.2) is 12.5 Å². The van der Waals surface area contributed by atoms with Crippen LogP contribution < -0.4 is 0 Å². The van der Waals surface area contributed by atoms with Crippen LogP contribution >= 0.6 is 0 Å². The lowest BCUT2D eigenvalue weighted by Gasteiger charge is -2.48. The third-order valence-corrected chi connectivity index (χ3v) is 7.07. The Morgan fingerprint density at radius 1 is 1.23 bits per heavy atom. The molecule has 9 nitrogen and oxygen atoms in total. The zero-order chi connectivity index (χ0) is 22.3. The molecule has 31 heavy (non-hydrogen) atoms. The van der Waals surface area contributed by atoms with Crippen molar-refractivity contribution in [3.05, 3.63) is 18.2 Å². The molecule has 3 aliphatic rings. The molecule has 0 aromatic carbocycles. The minimum Gasteiger partial charge on any atom is -0.483 e. The summed E-state index contributed by atoms with van der Waals surface area (Å²) in [5.74, 6) is 0.334. The first-order chi connectivity index (χ1) is 15.1. The van der Waals surface area contributed by atoms with Crippen molar-refractivity contribution in [1.29, 1.82) is 0 Å². The quantitative estimate of drug-likeness (QED) is 0.651. The van der Waals surface area contributed by atoms with Crippen molar-refractivity contribution in [3.63, 3.8) is 0 Å². The van der Waals surface area contributed by atoms with E-state index in [1.54, 1.807) is 7.11 Å². The lowest BCUT2D eigenvalue weighted by atomic mass is 9.82. The molecule has 0 bridgehead atoms. The highest BCUT2D eigenvalue weighted by molar-refractivity contribution is 5.87. The van der Waals surface area contributed by atoms with Gasteiger partial charge in [0.05, 0.1) is 24.7 Å². The van der Waals surface area contributed by atoms with Gasteiger partial charge in [-0.3, -0.25) is 14.5 Å². The van der Waals surface area contributed by atoms with Gasteiger partial charge in [-0.15, -0.1) is 0 Å². The number of methoxy groups -OCH3 is 1. The lowest BCUT2D eigenvalue weighted by Crippen LogP contribution is -2.62. The topological polar surface area (TPSA) is 108 Å². The van der Waals surface area contributed by atoms with Gasteiger partial charge in [-0.25, -0.2) is 4.98 Å². The first-order valence-corrected chi connectivity index (χ1v) is 11.4. The van der Waals surface area contributed by atoms with Crippen LogP contribution in [0.1, 0.15) is 57.1 Å². The smallest absolute Gasteiger partial charge is 0.290 e. The summed E-state index contributed by atoms with van der Waals surface area (Å²) in [5, 5.41) is 16.7. The summed E-state index contributed by atoms with van der Waals surface area (Å²) in [6.07, 6.45) is 11.2. The molecule has 1 amide bonds. The molecule has 1 spiro atoms. The average Bonchev–Trinajstić information content (AvgIpc) is 3.38. The Bertz CT molecular complexity index is 719. The third kappa shape index (κ3) is 5.27. The van der Waals surface area contributed by atoms with E-state index in [0.29, 0.717) is 18.6 Å². The molecule has 2 N–H and O–H groups in total. The molecule has 1 atom stereocenters. The predicted molar refractivity (Wildman–Crippen MR) is 114 cm³/mol. The molecule has 1 aliphatic carbocycles. The zero-order valence-corrected chi connectivity index (χ0v) is 18.5. The monoisotopic (exact) mass is 436 g/mol. The van der Waals surface area contributed by atoms with E-state index in [1.807, 2.05) is 12.5 Å². The minimum atomic E-state index is -0.343. The summed E-state index contributed by atoms with van der Waals surface area (Å²) in [4.78, 5) is 31.0. The number of nitrogens with zero attached hydrogens (tertiary/aromatic N) is 4. The SMILES string of the molecule is COCCn1cncc1CN1CCCC12CCCN(C1CCC(O)CC1)C2=O.O=CO. The van der Waals surface area contributed by atoms with Crippen molar-refractivity contribution in [2.24, 2.45) is 0 Å². The second-order valence-electron chi connectivity index (χ2n) is 8.80. The summed E-state index contributed by atoms with van der Waals surface area (Å²) in [6, 6.07) is 0.308. The number of carboxylic acid groups (broad SMARTS) is 1. The van der Waals surface area contributed by atoms with Gasteiger partial charge in [0.2, 0.25) is 5.91 Å².